The van der Waals surface area contributed by atoms with Crippen LogP contribution in [0.3, 0.4) is 0 Å². The summed E-state index contributed by atoms with van der Waals surface area (Å²) < 4.78 is 10.5. The van der Waals surface area contributed by atoms with E-state index in [9.17, 15) is 4.79 Å². The fourth-order valence-corrected chi connectivity index (χ4v) is 3.60. The molecule has 0 unspecified atom stereocenters. The van der Waals surface area contributed by atoms with E-state index in [1.54, 1.807) is 18.4 Å². The number of nitrogens with zero attached hydrogens (tertiary/aromatic N) is 3. The van der Waals surface area contributed by atoms with Gasteiger partial charge in [-0.05, 0) is 24.6 Å². The average molecular weight is 388 g/mol. The molecule has 1 aliphatic rings. The molecule has 1 aliphatic heterocycles. The molecule has 2 aromatic rings. The number of hydrazone groups is 1. The van der Waals surface area contributed by atoms with Gasteiger partial charge in [0.2, 0.25) is 5.91 Å². The number of amides is 1. The predicted octanol–water partition coefficient (Wildman–Crippen LogP) is 2.27. The number of carbonyl (C=O) groups excluding carboxylic acids is 1. The summed E-state index contributed by atoms with van der Waals surface area (Å²) in [6.07, 6.45) is 0.891. The molecule has 1 saturated heterocycles. The second-order valence-corrected chi connectivity index (χ2v) is 7.14. The summed E-state index contributed by atoms with van der Waals surface area (Å²) in [6.45, 7) is 5.01. The molecule has 2 heterocycles. The van der Waals surface area contributed by atoms with Gasteiger partial charge in [0, 0.05) is 30.6 Å². The normalized spacial score (nSPS) is 14.9. The Bertz CT molecular complexity index is 783. The van der Waals surface area contributed by atoms with E-state index in [0.717, 1.165) is 54.2 Å². The van der Waals surface area contributed by atoms with Crippen LogP contribution in [0.15, 0.2) is 34.7 Å². The molecule has 144 valence electrons. The zero-order chi connectivity index (χ0) is 19.1. The lowest BCUT2D eigenvalue weighted by atomic mass is 10.1. The zero-order valence-electron chi connectivity index (χ0n) is 15.6. The zero-order valence-corrected chi connectivity index (χ0v) is 16.4. The standard InChI is InChI=1S/C19H24N4O3S/c1-14(11-15-3-5-17(25-2)6-4-15)21-22-18(24)12-16-13-27-19(20-16)23-7-9-26-10-8-23/h3-6,13H,7-12H2,1-2H3,(H,22,24)/b21-14-. The molecule has 1 N–H and O–H groups in total. The van der Waals surface area contributed by atoms with Crippen molar-refractivity contribution in [1.82, 2.24) is 10.4 Å². The summed E-state index contributed by atoms with van der Waals surface area (Å²) in [6, 6.07) is 7.80. The van der Waals surface area contributed by atoms with Gasteiger partial charge in [0.05, 0.1) is 32.4 Å². The Balaban J connectivity index is 1.48. The molecule has 1 amide bonds. The highest BCUT2D eigenvalue weighted by atomic mass is 32.1. The Morgan fingerprint density at radius 3 is 2.74 bits per heavy atom. The highest BCUT2D eigenvalue weighted by Crippen LogP contribution is 2.21. The molecule has 0 atom stereocenters. The van der Waals surface area contributed by atoms with Gasteiger partial charge in [0.25, 0.3) is 0 Å². The Labute approximate surface area is 163 Å². The van der Waals surface area contributed by atoms with E-state index in [4.69, 9.17) is 9.47 Å². The smallest absolute Gasteiger partial charge is 0.246 e. The second kappa shape index (κ2) is 9.48. The number of thiazole rings is 1. The minimum Gasteiger partial charge on any atom is -0.497 e. The Morgan fingerprint density at radius 1 is 1.30 bits per heavy atom. The number of carbonyl (C=O) groups is 1. The third-order valence-corrected chi connectivity index (χ3v) is 5.10. The quantitative estimate of drug-likeness (QED) is 0.582. The van der Waals surface area contributed by atoms with Crippen LogP contribution in [-0.2, 0) is 22.4 Å². The lowest BCUT2D eigenvalue weighted by Gasteiger charge is -2.26. The summed E-state index contributed by atoms with van der Waals surface area (Å²) in [7, 11) is 1.64. The van der Waals surface area contributed by atoms with E-state index in [-0.39, 0.29) is 12.3 Å². The number of hydrogen-bond acceptors (Lipinski definition) is 7. The SMILES string of the molecule is COc1ccc(C/C(C)=N\NC(=O)Cc2csc(N3CCOCC3)n2)cc1. The fraction of sp³-hybridized carbons (Fsp3) is 0.421. The monoisotopic (exact) mass is 388 g/mol. The number of methoxy groups -OCH3 is 1. The molecule has 0 radical (unpaired) electrons. The average Bonchev–Trinajstić information content (AvgIpc) is 3.16. The minimum atomic E-state index is -0.164. The van der Waals surface area contributed by atoms with Crippen molar-refractivity contribution in [1.29, 1.82) is 0 Å². The van der Waals surface area contributed by atoms with Gasteiger partial charge in [-0.2, -0.15) is 5.10 Å². The first-order chi connectivity index (χ1) is 13.1. The van der Waals surface area contributed by atoms with Crippen molar-refractivity contribution in [2.45, 2.75) is 19.8 Å². The number of morpholine rings is 1. The van der Waals surface area contributed by atoms with Gasteiger partial charge in [-0.1, -0.05) is 12.1 Å². The van der Waals surface area contributed by atoms with Crippen LogP contribution in [0.1, 0.15) is 18.2 Å². The largest absolute Gasteiger partial charge is 0.497 e. The highest BCUT2D eigenvalue weighted by Gasteiger charge is 2.15. The molecule has 1 aromatic heterocycles. The van der Waals surface area contributed by atoms with Crippen LogP contribution in [0, 0.1) is 0 Å². The van der Waals surface area contributed by atoms with Gasteiger partial charge in [-0.3, -0.25) is 4.79 Å². The van der Waals surface area contributed by atoms with Crippen molar-refractivity contribution in [3.05, 3.63) is 40.9 Å². The molecule has 1 fully saturated rings. The molecule has 0 spiro atoms. The number of aromatic nitrogens is 1. The van der Waals surface area contributed by atoms with Crippen LogP contribution in [-0.4, -0.2) is 50.0 Å². The summed E-state index contributed by atoms with van der Waals surface area (Å²) in [4.78, 5) is 18.9. The molecule has 1 aromatic carbocycles. The van der Waals surface area contributed by atoms with Crippen molar-refractivity contribution in [2.24, 2.45) is 5.10 Å². The maximum absolute atomic E-state index is 12.1. The molecule has 8 heteroatoms. The fourth-order valence-electron chi connectivity index (χ4n) is 2.72. The maximum Gasteiger partial charge on any atom is 0.246 e. The lowest BCUT2D eigenvalue weighted by Crippen LogP contribution is -2.36. The molecular weight excluding hydrogens is 364 g/mol. The Morgan fingerprint density at radius 2 is 2.04 bits per heavy atom. The van der Waals surface area contributed by atoms with E-state index in [1.165, 1.54) is 0 Å². The summed E-state index contributed by atoms with van der Waals surface area (Å²) >= 11 is 1.56. The summed E-state index contributed by atoms with van der Waals surface area (Å²) in [5, 5.41) is 7.06. The highest BCUT2D eigenvalue weighted by molar-refractivity contribution is 7.13. The van der Waals surface area contributed by atoms with Crippen LogP contribution < -0.4 is 15.1 Å². The number of nitrogens with one attached hydrogen (secondary N) is 1. The van der Waals surface area contributed by atoms with Crippen molar-refractivity contribution in [3.63, 3.8) is 0 Å². The van der Waals surface area contributed by atoms with Gasteiger partial charge in [-0.15, -0.1) is 11.3 Å². The van der Waals surface area contributed by atoms with Gasteiger partial charge in [0.15, 0.2) is 5.13 Å². The topological polar surface area (TPSA) is 76.0 Å². The third-order valence-electron chi connectivity index (χ3n) is 4.15. The van der Waals surface area contributed by atoms with Gasteiger partial charge in [-0.25, -0.2) is 10.4 Å². The summed E-state index contributed by atoms with van der Waals surface area (Å²) in [5.74, 6) is 0.657. The third kappa shape index (κ3) is 5.77. The van der Waals surface area contributed by atoms with Gasteiger partial charge < -0.3 is 14.4 Å². The van der Waals surface area contributed by atoms with Crippen LogP contribution in [0.25, 0.3) is 0 Å². The van der Waals surface area contributed by atoms with E-state index in [2.05, 4.69) is 20.4 Å². The number of ether oxygens (including phenoxy) is 2. The molecule has 27 heavy (non-hydrogen) atoms. The molecule has 3 rings (SSSR count). The van der Waals surface area contributed by atoms with E-state index in [1.807, 2.05) is 36.6 Å². The predicted molar refractivity (Wildman–Crippen MR) is 107 cm³/mol. The van der Waals surface area contributed by atoms with E-state index >= 15 is 0 Å². The summed E-state index contributed by atoms with van der Waals surface area (Å²) in [5.41, 5.74) is 5.33. The van der Waals surface area contributed by atoms with Crippen molar-refractivity contribution >= 4 is 28.1 Å². The first-order valence-corrected chi connectivity index (χ1v) is 9.74. The molecule has 7 nitrogen and oxygen atoms in total. The maximum atomic E-state index is 12.1. The molecular formula is C19H24N4O3S. The van der Waals surface area contributed by atoms with Crippen molar-refractivity contribution < 1.29 is 14.3 Å². The first kappa shape index (κ1) is 19.3. The molecule has 0 saturated carbocycles. The van der Waals surface area contributed by atoms with Crippen LogP contribution >= 0.6 is 11.3 Å². The second-order valence-electron chi connectivity index (χ2n) is 6.30. The molecule has 0 aliphatic carbocycles. The van der Waals surface area contributed by atoms with Crippen LogP contribution in [0.2, 0.25) is 0 Å². The van der Waals surface area contributed by atoms with Crippen LogP contribution in [0.5, 0.6) is 5.75 Å². The minimum absolute atomic E-state index is 0.164. The van der Waals surface area contributed by atoms with Crippen LogP contribution in [0.4, 0.5) is 5.13 Å². The van der Waals surface area contributed by atoms with E-state index < -0.39 is 0 Å². The Hall–Kier alpha value is -2.45. The van der Waals surface area contributed by atoms with Gasteiger partial charge >= 0.3 is 0 Å². The van der Waals surface area contributed by atoms with E-state index in [0.29, 0.717) is 6.42 Å². The molecule has 0 bridgehead atoms. The number of rotatable bonds is 7. The number of hydrogen-bond donors (Lipinski definition) is 1. The number of anilines is 1. The number of benzene rings is 1. The Kier molecular flexibility index (Phi) is 6.78. The first-order valence-electron chi connectivity index (χ1n) is 8.86. The van der Waals surface area contributed by atoms with Crippen molar-refractivity contribution in [3.8, 4) is 5.75 Å². The van der Waals surface area contributed by atoms with Crippen molar-refractivity contribution in [2.75, 3.05) is 38.3 Å². The van der Waals surface area contributed by atoms with Gasteiger partial charge in [0.1, 0.15) is 5.75 Å². The lowest BCUT2D eigenvalue weighted by molar-refractivity contribution is -0.120.